The standard InChI is InChI=1S/C12H18BrNO3S/c1-3-10(4-2)14-18(16,17)12-6-5-9(8-15)7-11(12)13/h5-7,10,14-15H,3-4,8H2,1-2H3. The highest BCUT2D eigenvalue weighted by molar-refractivity contribution is 9.10. The summed E-state index contributed by atoms with van der Waals surface area (Å²) in [4.78, 5) is 0.201. The molecular formula is C12H18BrNO3S. The lowest BCUT2D eigenvalue weighted by Crippen LogP contribution is -2.34. The normalized spacial score (nSPS) is 12.1. The second-order valence-corrected chi connectivity index (χ2v) is 6.59. The van der Waals surface area contributed by atoms with Crippen molar-refractivity contribution in [2.45, 2.75) is 44.2 Å². The predicted octanol–water partition coefficient (Wildman–Crippen LogP) is 2.41. The van der Waals surface area contributed by atoms with Crippen molar-refractivity contribution in [3.05, 3.63) is 28.2 Å². The number of halogens is 1. The van der Waals surface area contributed by atoms with E-state index < -0.39 is 10.0 Å². The number of nitrogens with one attached hydrogen (secondary N) is 1. The Balaban J connectivity index is 3.05. The van der Waals surface area contributed by atoms with Gasteiger partial charge in [-0.25, -0.2) is 13.1 Å². The first-order valence-corrected chi connectivity index (χ1v) is 8.13. The summed E-state index contributed by atoms with van der Waals surface area (Å²) in [6.07, 6.45) is 1.50. The highest BCUT2D eigenvalue weighted by Crippen LogP contribution is 2.23. The minimum absolute atomic E-state index is 0.0561. The maximum absolute atomic E-state index is 12.2. The first kappa shape index (κ1) is 15.6. The number of hydrogen-bond acceptors (Lipinski definition) is 3. The van der Waals surface area contributed by atoms with Crippen LogP contribution in [0.15, 0.2) is 27.6 Å². The largest absolute Gasteiger partial charge is 0.392 e. The molecule has 18 heavy (non-hydrogen) atoms. The molecule has 1 aromatic rings. The minimum Gasteiger partial charge on any atom is -0.392 e. The van der Waals surface area contributed by atoms with Crippen molar-refractivity contribution in [1.29, 1.82) is 0 Å². The molecule has 0 aliphatic heterocycles. The third kappa shape index (κ3) is 3.78. The van der Waals surface area contributed by atoms with Crippen LogP contribution in [-0.4, -0.2) is 19.6 Å². The van der Waals surface area contributed by atoms with Crippen molar-refractivity contribution in [3.8, 4) is 0 Å². The zero-order chi connectivity index (χ0) is 13.8. The zero-order valence-electron chi connectivity index (χ0n) is 10.5. The highest BCUT2D eigenvalue weighted by Gasteiger charge is 2.20. The summed E-state index contributed by atoms with van der Waals surface area (Å²) >= 11 is 3.23. The van der Waals surface area contributed by atoms with Crippen LogP contribution < -0.4 is 4.72 Å². The minimum atomic E-state index is -3.52. The average molecular weight is 336 g/mol. The van der Waals surface area contributed by atoms with Gasteiger partial charge in [0, 0.05) is 10.5 Å². The third-order valence-corrected chi connectivity index (χ3v) is 5.27. The fourth-order valence-electron chi connectivity index (χ4n) is 1.60. The molecule has 0 atom stereocenters. The lowest BCUT2D eigenvalue weighted by Gasteiger charge is -2.16. The molecule has 0 aliphatic carbocycles. The molecule has 0 aromatic heterocycles. The zero-order valence-corrected chi connectivity index (χ0v) is 12.9. The molecule has 0 fully saturated rings. The van der Waals surface area contributed by atoms with Crippen LogP contribution in [0.3, 0.4) is 0 Å². The fraction of sp³-hybridized carbons (Fsp3) is 0.500. The molecule has 4 nitrogen and oxygen atoms in total. The van der Waals surface area contributed by atoms with E-state index in [2.05, 4.69) is 20.7 Å². The van der Waals surface area contributed by atoms with Gasteiger partial charge in [-0.3, -0.25) is 0 Å². The molecule has 0 unspecified atom stereocenters. The quantitative estimate of drug-likeness (QED) is 0.838. The van der Waals surface area contributed by atoms with E-state index in [0.29, 0.717) is 10.0 Å². The molecule has 0 saturated carbocycles. The van der Waals surface area contributed by atoms with Gasteiger partial charge in [0.2, 0.25) is 10.0 Å². The Hall–Kier alpha value is -0.430. The molecule has 2 N–H and O–H groups in total. The first-order valence-electron chi connectivity index (χ1n) is 5.86. The molecule has 102 valence electrons. The summed E-state index contributed by atoms with van der Waals surface area (Å²) in [6.45, 7) is 3.78. The molecule has 0 heterocycles. The van der Waals surface area contributed by atoms with Crippen molar-refractivity contribution in [3.63, 3.8) is 0 Å². The van der Waals surface area contributed by atoms with E-state index in [-0.39, 0.29) is 17.5 Å². The van der Waals surface area contributed by atoms with Gasteiger partial charge in [0.1, 0.15) is 0 Å². The van der Waals surface area contributed by atoms with Gasteiger partial charge in [0.15, 0.2) is 0 Å². The SMILES string of the molecule is CCC(CC)NS(=O)(=O)c1ccc(CO)cc1Br. The summed E-state index contributed by atoms with van der Waals surface area (Å²) in [5, 5.41) is 8.99. The van der Waals surface area contributed by atoms with E-state index in [0.717, 1.165) is 12.8 Å². The van der Waals surface area contributed by atoms with E-state index in [9.17, 15) is 8.42 Å². The van der Waals surface area contributed by atoms with Crippen molar-refractivity contribution in [1.82, 2.24) is 4.72 Å². The Morgan fingerprint density at radius 3 is 2.39 bits per heavy atom. The van der Waals surface area contributed by atoms with Crippen molar-refractivity contribution in [2.75, 3.05) is 0 Å². The lowest BCUT2D eigenvalue weighted by atomic mass is 10.2. The Morgan fingerprint density at radius 2 is 1.94 bits per heavy atom. The number of rotatable bonds is 6. The van der Waals surface area contributed by atoms with Gasteiger partial charge in [0.25, 0.3) is 0 Å². The molecule has 1 rings (SSSR count). The monoisotopic (exact) mass is 335 g/mol. The molecule has 0 radical (unpaired) electrons. The van der Waals surface area contributed by atoms with Gasteiger partial charge in [0.05, 0.1) is 11.5 Å². The van der Waals surface area contributed by atoms with Crippen LogP contribution in [0.25, 0.3) is 0 Å². The van der Waals surface area contributed by atoms with Crippen LogP contribution in [0.5, 0.6) is 0 Å². The Kier molecular flexibility index (Phi) is 5.78. The summed E-state index contributed by atoms with van der Waals surface area (Å²) in [5.41, 5.74) is 0.670. The van der Waals surface area contributed by atoms with Crippen LogP contribution in [0, 0.1) is 0 Å². The van der Waals surface area contributed by atoms with Crippen LogP contribution in [0.1, 0.15) is 32.3 Å². The highest BCUT2D eigenvalue weighted by atomic mass is 79.9. The summed E-state index contributed by atoms with van der Waals surface area (Å²) < 4.78 is 27.5. The van der Waals surface area contributed by atoms with Crippen LogP contribution in [0.2, 0.25) is 0 Å². The third-order valence-electron chi connectivity index (χ3n) is 2.78. The topological polar surface area (TPSA) is 66.4 Å². The van der Waals surface area contributed by atoms with Crippen molar-refractivity contribution in [2.24, 2.45) is 0 Å². The second kappa shape index (κ2) is 6.65. The molecule has 0 bridgehead atoms. The number of aliphatic hydroxyl groups is 1. The van der Waals surface area contributed by atoms with E-state index >= 15 is 0 Å². The van der Waals surface area contributed by atoms with Crippen LogP contribution in [-0.2, 0) is 16.6 Å². The molecular weight excluding hydrogens is 318 g/mol. The molecule has 0 spiro atoms. The molecule has 6 heteroatoms. The van der Waals surface area contributed by atoms with E-state index in [1.807, 2.05) is 13.8 Å². The summed E-state index contributed by atoms with van der Waals surface area (Å²) in [6, 6.07) is 4.66. The van der Waals surface area contributed by atoms with Gasteiger partial charge >= 0.3 is 0 Å². The number of benzene rings is 1. The smallest absolute Gasteiger partial charge is 0.241 e. The van der Waals surface area contributed by atoms with Gasteiger partial charge in [-0.05, 0) is 46.5 Å². The summed E-state index contributed by atoms with van der Waals surface area (Å²) in [5.74, 6) is 0. The Labute approximate surface area is 117 Å². The van der Waals surface area contributed by atoms with Gasteiger partial charge in [-0.15, -0.1) is 0 Å². The number of hydrogen-bond donors (Lipinski definition) is 2. The fourth-order valence-corrected chi connectivity index (χ4v) is 4.13. The van der Waals surface area contributed by atoms with E-state index in [4.69, 9.17) is 5.11 Å². The molecule has 1 aromatic carbocycles. The van der Waals surface area contributed by atoms with Crippen molar-refractivity contribution >= 4 is 26.0 Å². The number of sulfonamides is 1. The molecule has 0 saturated heterocycles. The Morgan fingerprint density at radius 1 is 1.33 bits per heavy atom. The van der Waals surface area contributed by atoms with Gasteiger partial charge in [-0.1, -0.05) is 19.9 Å². The lowest BCUT2D eigenvalue weighted by molar-refractivity contribution is 0.281. The van der Waals surface area contributed by atoms with E-state index in [1.165, 1.54) is 6.07 Å². The number of aliphatic hydroxyl groups excluding tert-OH is 1. The maximum atomic E-state index is 12.2. The summed E-state index contributed by atoms with van der Waals surface area (Å²) in [7, 11) is -3.52. The van der Waals surface area contributed by atoms with Crippen LogP contribution >= 0.6 is 15.9 Å². The van der Waals surface area contributed by atoms with Gasteiger partial charge in [-0.2, -0.15) is 0 Å². The molecule has 0 aliphatic rings. The Bertz CT molecular complexity index is 498. The maximum Gasteiger partial charge on any atom is 0.241 e. The van der Waals surface area contributed by atoms with Gasteiger partial charge < -0.3 is 5.11 Å². The van der Waals surface area contributed by atoms with Crippen LogP contribution in [0.4, 0.5) is 0 Å². The van der Waals surface area contributed by atoms with Crippen molar-refractivity contribution < 1.29 is 13.5 Å². The first-order chi connectivity index (χ1) is 8.44. The second-order valence-electron chi connectivity index (χ2n) is 4.06. The van der Waals surface area contributed by atoms with E-state index in [1.54, 1.807) is 12.1 Å². The molecule has 0 amide bonds. The average Bonchev–Trinajstić information content (AvgIpc) is 2.35. The predicted molar refractivity (Wildman–Crippen MR) is 74.8 cm³/mol.